The topological polar surface area (TPSA) is 87.7 Å². The van der Waals surface area contributed by atoms with Crippen molar-refractivity contribution in [3.63, 3.8) is 0 Å². The molecule has 0 aromatic heterocycles. The van der Waals surface area contributed by atoms with Crippen LogP contribution in [0.25, 0.3) is 0 Å². The number of rotatable bonds is 3. The molecule has 4 bridgehead atoms. The second-order valence-corrected chi connectivity index (χ2v) is 6.27. The summed E-state index contributed by atoms with van der Waals surface area (Å²) < 4.78 is 0. The van der Waals surface area contributed by atoms with Crippen molar-refractivity contribution in [2.45, 2.75) is 32.1 Å². The maximum Gasteiger partial charge on any atom is 0.224 e. The molecule has 0 radical (unpaired) electrons. The van der Waals surface area contributed by atoms with Crippen LogP contribution in [0.5, 0.6) is 0 Å². The second kappa shape index (κ2) is 4.44. The molecule has 0 heterocycles. The molecule has 0 aromatic carbocycles. The van der Waals surface area contributed by atoms with Crippen molar-refractivity contribution in [1.82, 2.24) is 5.32 Å². The van der Waals surface area contributed by atoms with E-state index in [2.05, 4.69) is 10.5 Å². The van der Waals surface area contributed by atoms with Gasteiger partial charge in [-0.2, -0.15) is 0 Å². The van der Waals surface area contributed by atoms with Crippen LogP contribution in [-0.2, 0) is 4.79 Å². The van der Waals surface area contributed by atoms with E-state index in [0.29, 0.717) is 11.8 Å². The number of nitrogens with zero attached hydrogens (tertiary/aromatic N) is 1. The number of nitrogens with two attached hydrogens (primary N) is 1. The third kappa shape index (κ3) is 1.95. The van der Waals surface area contributed by atoms with Gasteiger partial charge in [0.2, 0.25) is 5.91 Å². The van der Waals surface area contributed by atoms with Crippen LogP contribution in [0, 0.1) is 29.6 Å². The summed E-state index contributed by atoms with van der Waals surface area (Å²) in [5.74, 6) is 3.25. The van der Waals surface area contributed by atoms with Gasteiger partial charge in [-0.25, -0.2) is 0 Å². The Morgan fingerprint density at radius 3 is 2.22 bits per heavy atom. The minimum absolute atomic E-state index is 0.0622. The summed E-state index contributed by atoms with van der Waals surface area (Å²) in [6, 6.07) is 0. The van der Waals surface area contributed by atoms with Gasteiger partial charge in [0.1, 0.15) is 0 Å². The predicted molar refractivity (Wildman–Crippen MR) is 67.0 cm³/mol. The highest BCUT2D eigenvalue weighted by Crippen LogP contribution is 2.56. The van der Waals surface area contributed by atoms with Gasteiger partial charge in [0.05, 0.1) is 6.54 Å². The molecule has 0 spiro atoms. The molecular weight excluding hydrogens is 230 g/mol. The van der Waals surface area contributed by atoms with E-state index in [1.165, 1.54) is 32.1 Å². The highest BCUT2D eigenvalue weighted by atomic mass is 16.4. The molecule has 4 saturated carbocycles. The number of hydrogen-bond acceptors (Lipinski definition) is 3. The Morgan fingerprint density at radius 2 is 1.72 bits per heavy atom. The molecular formula is C13H21N3O2. The fraction of sp³-hybridized carbons (Fsp3) is 0.846. The highest BCUT2D eigenvalue weighted by molar-refractivity contribution is 5.88. The second-order valence-electron chi connectivity index (χ2n) is 6.27. The van der Waals surface area contributed by atoms with Gasteiger partial charge in [0.25, 0.3) is 0 Å². The average molecular weight is 251 g/mol. The monoisotopic (exact) mass is 251 g/mol. The summed E-state index contributed by atoms with van der Waals surface area (Å²) in [5.41, 5.74) is 5.38. The molecule has 4 N–H and O–H groups in total. The van der Waals surface area contributed by atoms with E-state index in [4.69, 9.17) is 10.9 Å². The Balaban J connectivity index is 1.64. The zero-order valence-electron chi connectivity index (χ0n) is 10.5. The molecule has 100 valence electrons. The molecule has 1 amide bonds. The summed E-state index contributed by atoms with van der Waals surface area (Å²) >= 11 is 0. The fourth-order valence-electron chi connectivity index (χ4n) is 4.68. The van der Waals surface area contributed by atoms with Gasteiger partial charge >= 0.3 is 0 Å². The SMILES string of the molecule is NC(CNC(=O)C1C2CC3CC(C2)CC1C3)=NO. The average Bonchev–Trinajstić information content (AvgIpc) is 2.34. The molecule has 0 unspecified atom stereocenters. The third-order valence-electron chi connectivity index (χ3n) is 5.10. The van der Waals surface area contributed by atoms with Gasteiger partial charge < -0.3 is 16.3 Å². The number of amides is 1. The van der Waals surface area contributed by atoms with Gasteiger partial charge in [-0.15, -0.1) is 0 Å². The minimum Gasteiger partial charge on any atom is -0.409 e. The van der Waals surface area contributed by atoms with Gasteiger partial charge in [-0.3, -0.25) is 4.79 Å². The molecule has 5 heteroatoms. The first-order valence-corrected chi connectivity index (χ1v) is 6.91. The van der Waals surface area contributed by atoms with Crippen LogP contribution in [0.3, 0.4) is 0 Å². The van der Waals surface area contributed by atoms with Gasteiger partial charge in [0.15, 0.2) is 5.84 Å². The van der Waals surface area contributed by atoms with Crippen LogP contribution in [-0.4, -0.2) is 23.5 Å². The highest BCUT2D eigenvalue weighted by Gasteiger charge is 2.50. The van der Waals surface area contributed by atoms with Crippen molar-refractivity contribution in [2.24, 2.45) is 40.5 Å². The third-order valence-corrected chi connectivity index (χ3v) is 5.10. The van der Waals surface area contributed by atoms with Crippen LogP contribution in [0.2, 0.25) is 0 Å². The lowest BCUT2D eigenvalue weighted by molar-refractivity contribution is -0.137. The number of carbonyl (C=O) groups is 1. The molecule has 0 aromatic rings. The van der Waals surface area contributed by atoms with Crippen LogP contribution >= 0.6 is 0 Å². The number of hydrogen-bond donors (Lipinski definition) is 3. The van der Waals surface area contributed by atoms with Crippen molar-refractivity contribution in [2.75, 3.05) is 6.54 Å². The maximum atomic E-state index is 12.3. The molecule has 5 nitrogen and oxygen atoms in total. The van der Waals surface area contributed by atoms with Gasteiger partial charge in [-0.05, 0) is 55.8 Å². The first kappa shape index (κ1) is 11.8. The number of carbonyl (C=O) groups excluding carboxylic acids is 1. The molecule has 18 heavy (non-hydrogen) atoms. The van der Waals surface area contributed by atoms with E-state index in [9.17, 15) is 4.79 Å². The van der Waals surface area contributed by atoms with Crippen molar-refractivity contribution in [3.05, 3.63) is 0 Å². The van der Waals surface area contributed by atoms with Gasteiger partial charge in [-0.1, -0.05) is 5.16 Å². The Labute approximate surface area is 107 Å². The molecule has 0 aliphatic heterocycles. The number of oxime groups is 1. The Bertz CT molecular complexity index is 352. The van der Waals surface area contributed by atoms with Crippen molar-refractivity contribution in [1.29, 1.82) is 0 Å². The van der Waals surface area contributed by atoms with Crippen LogP contribution in [0.4, 0.5) is 0 Å². The lowest BCUT2D eigenvalue weighted by Crippen LogP contribution is -2.51. The number of nitrogens with one attached hydrogen (secondary N) is 1. The van der Waals surface area contributed by atoms with Gasteiger partial charge in [0, 0.05) is 5.92 Å². The fourth-order valence-corrected chi connectivity index (χ4v) is 4.68. The zero-order chi connectivity index (χ0) is 12.7. The molecule has 0 saturated heterocycles. The summed E-state index contributed by atoms with van der Waals surface area (Å²) in [7, 11) is 0. The maximum absolute atomic E-state index is 12.3. The summed E-state index contributed by atoms with van der Waals surface area (Å²) in [6.07, 6.45) is 6.32. The van der Waals surface area contributed by atoms with Crippen LogP contribution in [0.1, 0.15) is 32.1 Å². The lowest BCUT2D eigenvalue weighted by atomic mass is 9.51. The molecule has 0 atom stereocenters. The smallest absolute Gasteiger partial charge is 0.224 e. The lowest BCUT2D eigenvalue weighted by Gasteiger charge is -2.53. The van der Waals surface area contributed by atoms with E-state index in [-0.39, 0.29) is 24.2 Å². The normalized spacial score (nSPS) is 42.0. The summed E-state index contributed by atoms with van der Waals surface area (Å²) in [4.78, 5) is 12.3. The zero-order valence-corrected chi connectivity index (χ0v) is 10.5. The van der Waals surface area contributed by atoms with E-state index in [0.717, 1.165) is 11.8 Å². The van der Waals surface area contributed by atoms with E-state index in [1.54, 1.807) is 0 Å². The van der Waals surface area contributed by atoms with Crippen molar-refractivity contribution >= 4 is 11.7 Å². The standard InChI is InChI=1S/C13H21N3O2/c14-11(16-18)6-15-13(17)12-9-2-7-1-8(4-9)5-10(12)3-7/h7-10,12,18H,1-6H2,(H2,14,16)(H,15,17). The van der Waals surface area contributed by atoms with E-state index < -0.39 is 0 Å². The Kier molecular flexibility index (Phi) is 2.92. The molecule has 4 fully saturated rings. The molecule has 4 rings (SSSR count). The molecule has 4 aliphatic carbocycles. The summed E-state index contributed by atoms with van der Waals surface area (Å²) in [6.45, 7) is 0.151. The predicted octanol–water partition coefficient (Wildman–Crippen LogP) is 0.921. The Hall–Kier alpha value is -1.26. The van der Waals surface area contributed by atoms with Crippen molar-refractivity contribution in [3.8, 4) is 0 Å². The number of amidine groups is 1. The largest absolute Gasteiger partial charge is 0.409 e. The summed E-state index contributed by atoms with van der Waals surface area (Å²) in [5, 5.41) is 14.2. The molecule has 4 aliphatic rings. The van der Waals surface area contributed by atoms with E-state index in [1.807, 2.05) is 0 Å². The van der Waals surface area contributed by atoms with Crippen molar-refractivity contribution < 1.29 is 10.0 Å². The van der Waals surface area contributed by atoms with E-state index >= 15 is 0 Å². The quantitative estimate of drug-likeness (QED) is 0.302. The first-order valence-electron chi connectivity index (χ1n) is 6.91. The minimum atomic E-state index is 0.0622. The van der Waals surface area contributed by atoms with Crippen LogP contribution < -0.4 is 11.1 Å². The first-order chi connectivity index (χ1) is 8.67. The van der Waals surface area contributed by atoms with Crippen LogP contribution in [0.15, 0.2) is 5.16 Å². The Morgan fingerprint density at radius 1 is 1.17 bits per heavy atom.